The van der Waals surface area contributed by atoms with Gasteiger partial charge in [-0.05, 0) is 38.2 Å². The molecule has 0 saturated carbocycles. The van der Waals surface area contributed by atoms with Crippen molar-refractivity contribution >= 4 is 29.9 Å². The Labute approximate surface area is 193 Å². The molecule has 0 aliphatic carbocycles. The topological polar surface area (TPSA) is 67.3 Å². The van der Waals surface area contributed by atoms with E-state index in [2.05, 4.69) is 53.7 Å². The highest BCUT2D eigenvalue weighted by molar-refractivity contribution is 14.0. The molecule has 1 atom stereocenters. The van der Waals surface area contributed by atoms with Gasteiger partial charge in [0.1, 0.15) is 5.75 Å². The number of hydrogen-bond acceptors (Lipinski definition) is 5. The zero-order chi connectivity index (χ0) is 20.6. The van der Waals surface area contributed by atoms with Gasteiger partial charge in [0.25, 0.3) is 0 Å². The largest absolute Gasteiger partial charge is 0.497 e. The SMILES string of the molecule is CCCCOCCOCCNC(=NC)NCC(c1cccc(OC)c1)N(C)C.I. The molecule has 1 unspecified atom stereocenters. The van der Waals surface area contributed by atoms with E-state index in [0.29, 0.717) is 26.4 Å². The maximum absolute atomic E-state index is 5.58. The van der Waals surface area contributed by atoms with Crippen molar-refractivity contribution in [1.82, 2.24) is 15.5 Å². The number of ether oxygens (including phenoxy) is 3. The number of likely N-dealkylation sites (N-methyl/N-ethyl adjacent to an activating group) is 1. The van der Waals surface area contributed by atoms with Crippen LogP contribution in [0.15, 0.2) is 29.3 Å². The number of benzene rings is 1. The molecule has 0 bridgehead atoms. The third-order valence-corrected chi connectivity index (χ3v) is 4.34. The average Bonchev–Trinajstić information content (AvgIpc) is 2.71. The number of halogens is 1. The van der Waals surface area contributed by atoms with E-state index in [1.165, 1.54) is 5.56 Å². The summed E-state index contributed by atoms with van der Waals surface area (Å²) < 4.78 is 16.4. The van der Waals surface area contributed by atoms with Gasteiger partial charge in [-0.1, -0.05) is 25.5 Å². The summed E-state index contributed by atoms with van der Waals surface area (Å²) in [4.78, 5) is 6.46. The molecule has 0 heterocycles. The number of aliphatic imine (C=N–C) groups is 1. The van der Waals surface area contributed by atoms with E-state index < -0.39 is 0 Å². The second kappa shape index (κ2) is 17.7. The molecule has 1 aromatic carbocycles. The molecule has 8 heteroatoms. The quantitative estimate of drug-likeness (QED) is 0.170. The Bertz CT molecular complexity index is 558. The van der Waals surface area contributed by atoms with Crippen molar-refractivity contribution in [2.24, 2.45) is 4.99 Å². The van der Waals surface area contributed by atoms with Gasteiger partial charge >= 0.3 is 0 Å². The summed E-state index contributed by atoms with van der Waals surface area (Å²) in [5.74, 6) is 1.63. The zero-order valence-electron chi connectivity index (χ0n) is 18.6. The van der Waals surface area contributed by atoms with Crippen LogP contribution in [-0.2, 0) is 9.47 Å². The second-order valence-electron chi connectivity index (χ2n) is 6.71. The highest BCUT2D eigenvalue weighted by Crippen LogP contribution is 2.21. The lowest BCUT2D eigenvalue weighted by molar-refractivity contribution is 0.0487. The van der Waals surface area contributed by atoms with E-state index in [0.717, 1.165) is 37.7 Å². The Kier molecular flexibility index (Phi) is 17.1. The van der Waals surface area contributed by atoms with Crippen molar-refractivity contribution < 1.29 is 14.2 Å². The van der Waals surface area contributed by atoms with Gasteiger partial charge in [-0.2, -0.15) is 0 Å². The van der Waals surface area contributed by atoms with E-state index in [1.807, 2.05) is 12.1 Å². The van der Waals surface area contributed by atoms with Crippen LogP contribution in [0.4, 0.5) is 0 Å². The minimum Gasteiger partial charge on any atom is -0.497 e. The first kappa shape index (κ1) is 27.9. The maximum Gasteiger partial charge on any atom is 0.191 e. The number of methoxy groups -OCH3 is 1. The summed E-state index contributed by atoms with van der Waals surface area (Å²) >= 11 is 0. The lowest BCUT2D eigenvalue weighted by Crippen LogP contribution is -2.42. The number of nitrogens with zero attached hydrogens (tertiary/aromatic N) is 2. The Hall–Kier alpha value is -1.10. The van der Waals surface area contributed by atoms with E-state index >= 15 is 0 Å². The summed E-state index contributed by atoms with van der Waals surface area (Å²) in [6, 6.07) is 8.35. The number of hydrogen-bond donors (Lipinski definition) is 2. The molecule has 0 amide bonds. The minimum absolute atomic E-state index is 0. The van der Waals surface area contributed by atoms with Gasteiger partial charge in [0, 0.05) is 26.7 Å². The van der Waals surface area contributed by atoms with E-state index in [-0.39, 0.29) is 30.0 Å². The molecule has 2 N–H and O–H groups in total. The molecule has 7 nitrogen and oxygen atoms in total. The molecule has 0 aliphatic heterocycles. The van der Waals surface area contributed by atoms with Gasteiger partial charge in [0.05, 0.1) is 33.0 Å². The smallest absolute Gasteiger partial charge is 0.191 e. The number of guanidine groups is 1. The van der Waals surface area contributed by atoms with E-state index in [1.54, 1.807) is 14.2 Å². The lowest BCUT2D eigenvalue weighted by atomic mass is 10.1. The second-order valence-corrected chi connectivity index (χ2v) is 6.71. The Morgan fingerprint density at radius 3 is 2.45 bits per heavy atom. The van der Waals surface area contributed by atoms with Gasteiger partial charge in [-0.3, -0.25) is 4.99 Å². The van der Waals surface area contributed by atoms with Gasteiger partial charge < -0.3 is 29.7 Å². The Morgan fingerprint density at radius 2 is 1.83 bits per heavy atom. The van der Waals surface area contributed by atoms with Crippen LogP contribution in [0.2, 0.25) is 0 Å². The summed E-state index contributed by atoms with van der Waals surface area (Å²) in [6.45, 7) is 6.28. The minimum atomic E-state index is 0. The Balaban J connectivity index is 0.00000784. The van der Waals surface area contributed by atoms with Gasteiger partial charge in [-0.25, -0.2) is 0 Å². The fourth-order valence-electron chi connectivity index (χ4n) is 2.67. The van der Waals surface area contributed by atoms with Gasteiger partial charge in [0.2, 0.25) is 0 Å². The number of nitrogens with one attached hydrogen (secondary N) is 2. The maximum atomic E-state index is 5.58. The predicted octanol–water partition coefficient (Wildman–Crippen LogP) is 2.91. The van der Waals surface area contributed by atoms with Crippen molar-refractivity contribution in [1.29, 1.82) is 0 Å². The third kappa shape index (κ3) is 12.2. The molecule has 0 fully saturated rings. The zero-order valence-corrected chi connectivity index (χ0v) is 20.9. The fourth-order valence-corrected chi connectivity index (χ4v) is 2.67. The summed E-state index contributed by atoms with van der Waals surface area (Å²) in [6.07, 6.45) is 2.26. The van der Waals surface area contributed by atoms with Crippen LogP contribution in [0.25, 0.3) is 0 Å². The standard InChI is InChI=1S/C21H38N4O3.HI/c1-6-7-12-27-14-15-28-13-11-23-21(22-2)24-17-20(25(3)4)18-9-8-10-19(16-18)26-5;/h8-10,16,20H,6-7,11-15,17H2,1-5H3,(H2,22,23,24);1H. The van der Waals surface area contributed by atoms with Crippen LogP contribution >= 0.6 is 24.0 Å². The van der Waals surface area contributed by atoms with Crippen molar-refractivity contribution in [3.63, 3.8) is 0 Å². The van der Waals surface area contributed by atoms with Crippen LogP contribution in [0.1, 0.15) is 31.4 Å². The molecule has 0 spiro atoms. The normalized spacial score (nSPS) is 12.4. The van der Waals surface area contributed by atoms with Crippen LogP contribution in [0.5, 0.6) is 5.75 Å². The van der Waals surface area contributed by atoms with E-state index in [4.69, 9.17) is 14.2 Å². The highest BCUT2D eigenvalue weighted by atomic mass is 127. The summed E-state index contributed by atoms with van der Waals surface area (Å²) in [5.41, 5.74) is 1.19. The molecule has 1 aromatic rings. The Morgan fingerprint density at radius 1 is 1.10 bits per heavy atom. The molecule has 0 radical (unpaired) electrons. The molecular formula is C21H39IN4O3. The summed E-state index contributed by atoms with van der Waals surface area (Å²) in [7, 11) is 7.60. The highest BCUT2D eigenvalue weighted by Gasteiger charge is 2.15. The molecular weight excluding hydrogens is 483 g/mol. The van der Waals surface area contributed by atoms with Crippen LogP contribution in [-0.4, -0.2) is 78.6 Å². The molecule has 0 saturated heterocycles. The van der Waals surface area contributed by atoms with E-state index in [9.17, 15) is 0 Å². The van der Waals surface area contributed by atoms with Crippen molar-refractivity contribution in [2.75, 3.05) is 67.8 Å². The molecule has 0 aromatic heterocycles. The number of rotatable bonds is 14. The molecule has 1 rings (SSSR count). The van der Waals surface area contributed by atoms with Crippen LogP contribution in [0.3, 0.4) is 0 Å². The van der Waals surface area contributed by atoms with Crippen molar-refractivity contribution in [3.05, 3.63) is 29.8 Å². The first-order valence-electron chi connectivity index (χ1n) is 10.0. The predicted molar refractivity (Wildman–Crippen MR) is 131 cm³/mol. The third-order valence-electron chi connectivity index (χ3n) is 4.34. The average molecular weight is 522 g/mol. The number of unbranched alkanes of at least 4 members (excludes halogenated alkanes) is 1. The van der Waals surface area contributed by atoms with Crippen LogP contribution in [0, 0.1) is 0 Å². The fraction of sp³-hybridized carbons (Fsp3) is 0.667. The molecule has 168 valence electrons. The first-order valence-corrected chi connectivity index (χ1v) is 10.0. The molecule has 0 aliphatic rings. The first-order chi connectivity index (χ1) is 13.6. The van der Waals surface area contributed by atoms with Crippen molar-refractivity contribution in [3.8, 4) is 5.75 Å². The van der Waals surface area contributed by atoms with Gasteiger partial charge in [-0.15, -0.1) is 24.0 Å². The van der Waals surface area contributed by atoms with Crippen molar-refractivity contribution in [2.45, 2.75) is 25.8 Å². The van der Waals surface area contributed by atoms with Gasteiger partial charge in [0.15, 0.2) is 5.96 Å². The monoisotopic (exact) mass is 522 g/mol. The lowest BCUT2D eigenvalue weighted by Gasteiger charge is -2.26. The van der Waals surface area contributed by atoms with Crippen LogP contribution < -0.4 is 15.4 Å². The molecule has 29 heavy (non-hydrogen) atoms. The summed E-state index contributed by atoms with van der Waals surface area (Å²) in [5, 5.41) is 6.67.